The van der Waals surface area contributed by atoms with Gasteiger partial charge in [-0.25, -0.2) is 4.79 Å². The Bertz CT molecular complexity index is 244. The van der Waals surface area contributed by atoms with E-state index >= 15 is 0 Å². The SMILES string of the molecule is C=C(C)C(=O)OC1CCCC(=O)O1. The van der Waals surface area contributed by atoms with E-state index in [0.29, 0.717) is 24.8 Å². The summed E-state index contributed by atoms with van der Waals surface area (Å²) < 4.78 is 9.63. The van der Waals surface area contributed by atoms with E-state index in [-0.39, 0.29) is 5.97 Å². The fourth-order valence-electron chi connectivity index (χ4n) is 0.980. The van der Waals surface area contributed by atoms with Crippen LogP contribution in [-0.2, 0) is 19.1 Å². The molecule has 1 aliphatic heterocycles. The smallest absolute Gasteiger partial charge is 0.336 e. The fourth-order valence-corrected chi connectivity index (χ4v) is 0.980. The van der Waals surface area contributed by atoms with Crippen LogP contribution in [0.2, 0.25) is 0 Å². The van der Waals surface area contributed by atoms with Gasteiger partial charge in [0.1, 0.15) is 0 Å². The molecule has 1 heterocycles. The molecule has 1 saturated heterocycles. The van der Waals surface area contributed by atoms with Crippen LogP contribution in [0.4, 0.5) is 0 Å². The van der Waals surface area contributed by atoms with Gasteiger partial charge in [-0.05, 0) is 13.3 Å². The van der Waals surface area contributed by atoms with E-state index in [1.807, 2.05) is 0 Å². The largest absolute Gasteiger partial charge is 0.425 e. The zero-order valence-electron chi connectivity index (χ0n) is 7.54. The van der Waals surface area contributed by atoms with E-state index in [2.05, 4.69) is 6.58 Å². The summed E-state index contributed by atoms with van der Waals surface area (Å²) in [6, 6.07) is 0. The molecule has 0 aliphatic carbocycles. The van der Waals surface area contributed by atoms with Gasteiger partial charge in [0.15, 0.2) is 0 Å². The number of rotatable bonds is 2. The van der Waals surface area contributed by atoms with Crippen LogP contribution in [0.5, 0.6) is 0 Å². The number of carbonyl (C=O) groups is 2. The van der Waals surface area contributed by atoms with Crippen LogP contribution in [0, 0.1) is 0 Å². The van der Waals surface area contributed by atoms with Crippen LogP contribution < -0.4 is 0 Å². The zero-order valence-corrected chi connectivity index (χ0v) is 7.54. The Balaban J connectivity index is 2.40. The van der Waals surface area contributed by atoms with Gasteiger partial charge >= 0.3 is 11.9 Å². The van der Waals surface area contributed by atoms with Gasteiger partial charge in [-0.2, -0.15) is 0 Å². The summed E-state index contributed by atoms with van der Waals surface area (Å²) in [5.41, 5.74) is 0.307. The molecule has 0 aromatic rings. The summed E-state index contributed by atoms with van der Waals surface area (Å²) in [4.78, 5) is 21.8. The van der Waals surface area contributed by atoms with Crippen LogP contribution in [0.1, 0.15) is 26.2 Å². The minimum atomic E-state index is -0.717. The average Bonchev–Trinajstić information content (AvgIpc) is 2.04. The molecule has 0 radical (unpaired) electrons. The number of cyclic esters (lactones) is 1. The first-order valence-corrected chi connectivity index (χ1v) is 4.15. The highest BCUT2D eigenvalue weighted by Gasteiger charge is 2.23. The second-order valence-electron chi connectivity index (χ2n) is 3.00. The second-order valence-corrected chi connectivity index (χ2v) is 3.00. The Kier molecular flexibility index (Phi) is 3.06. The maximum Gasteiger partial charge on any atom is 0.336 e. The molecule has 1 rings (SSSR count). The van der Waals surface area contributed by atoms with E-state index in [9.17, 15) is 9.59 Å². The van der Waals surface area contributed by atoms with E-state index in [1.54, 1.807) is 6.92 Å². The van der Waals surface area contributed by atoms with Crippen molar-refractivity contribution in [3.8, 4) is 0 Å². The van der Waals surface area contributed by atoms with Gasteiger partial charge in [0, 0.05) is 18.4 Å². The average molecular weight is 184 g/mol. The first-order chi connectivity index (χ1) is 6.09. The maximum atomic E-state index is 11.0. The molecule has 0 aromatic carbocycles. The Morgan fingerprint density at radius 2 is 2.38 bits per heavy atom. The molecule has 1 fully saturated rings. The Hall–Kier alpha value is -1.32. The molecular formula is C9H12O4. The highest BCUT2D eigenvalue weighted by molar-refractivity contribution is 5.87. The number of hydrogen-bond donors (Lipinski definition) is 0. The molecule has 1 unspecified atom stereocenters. The summed E-state index contributed by atoms with van der Waals surface area (Å²) in [7, 11) is 0. The second kappa shape index (κ2) is 4.07. The van der Waals surface area contributed by atoms with Crippen molar-refractivity contribution in [3.05, 3.63) is 12.2 Å². The summed E-state index contributed by atoms with van der Waals surface area (Å²) in [5.74, 6) is -0.828. The highest BCUT2D eigenvalue weighted by atomic mass is 16.7. The summed E-state index contributed by atoms with van der Waals surface area (Å²) in [6.45, 7) is 4.97. The van der Waals surface area contributed by atoms with Crippen molar-refractivity contribution in [3.63, 3.8) is 0 Å². The summed E-state index contributed by atoms with van der Waals surface area (Å²) in [5, 5.41) is 0. The lowest BCUT2D eigenvalue weighted by molar-refractivity contribution is -0.192. The highest BCUT2D eigenvalue weighted by Crippen LogP contribution is 2.15. The molecule has 1 atom stereocenters. The minimum Gasteiger partial charge on any atom is -0.425 e. The molecule has 4 nitrogen and oxygen atoms in total. The van der Waals surface area contributed by atoms with Crippen molar-refractivity contribution >= 4 is 11.9 Å². The zero-order chi connectivity index (χ0) is 9.84. The lowest BCUT2D eigenvalue weighted by Crippen LogP contribution is -2.28. The molecule has 0 aromatic heterocycles. The van der Waals surface area contributed by atoms with E-state index in [0.717, 1.165) is 0 Å². The molecule has 1 aliphatic rings. The van der Waals surface area contributed by atoms with Crippen molar-refractivity contribution in [2.75, 3.05) is 0 Å². The first kappa shape index (κ1) is 9.77. The number of ether oxygens (including phenoxy) is 2. The van der Waals surface area contributed by atoms with Crippen molar-refractivity contribution in [1.82, 2.24) is 0 Å². The molecule has 0 saturated carbocycles. The molecule has 0 amide bonds. The van der Waals surface area contributed by atoms with Crippen LogP contribution in [0.3, 0.4) is 0 Å². The third-order valence-electron chi connectivity index (χ3n) is 1.67. The van der Waals surface area contributed by atoms with Crippen molar-refractivity contribution in [2.24, 2.45) is 0 Å². The van der Waals surface area contributed by atoms with E-state index < -0.39 is 12.3 Å². The quantitative estimate of drug-likeness (QED) is 0.477. The lowest BCUT2D eigenvalue weighted by atomic mass is 10.2. The molecular weight excluding hydrogens is 172 g/mol. The molecule has 72 valence electrons. The number of carbonyl (C=O) groups excluding carboxylic acids is 2. The molecule has 13 heavy (non-hydrogen) atoms. The van der Waals surface area contributed by atoms with Gasteiger partial charge in [-0.1, -0.05) is 6.58 Å². The predicted molar refractivity (Wildman–Crippen MR) is 44.6 cm³/mol. The Labute approximate surface area is 76.5 Å². The van der Waals surface area contributed by atoms with Crippen LogP contribution in [-0.4, -0.2) is 18.2 Å². The van der Waals surface area contributed by atoms with Gasteiger partial charge in [0.05, 0.1) is 0 Å². The van der Waals surface area contributed by atoms with Crippen LogP contribution in [0.25, 0.3) is 0 Å². The summed E-state index contributed by atoms with van der Waals surface area (Å²) in [6.07, 6.45) is 0.962. The van der Waals surface area contributed by atoms with Gasteiger partial charge < -0.3 is 9.47 Å². The van der Waals surface area contributed by atoms with Gasteiger partial charge in [0.2, 0.25) is 6.29 Å². The van der Waals surface area contributed by atoms with Crippen molar-refractivity contribution in [2.45, 2.75) is 32.5 Å². The maximum absolute atomic E-state index is 11.0. The molecule has 0 N–H and O–H groups in total. The molecule has 0 spiro atoms. The van der Waals surface area contributed by atoms with Gasteiger partial charge in [-0.3, -0.25) is 4.79 Å². The minimum absolute atomic E-state index is 0.307. The predicted octanol–water partition coefficient (Wildman–Crippen LogP) is 1.16. The lowest BCUT2D eigenvalue weighted by Gasteiger charge is -2.21. The Morgan fingerprint density at radius 3 is 2.92 bits per heavy atom. The number of hydrogen-bond acceptors (Lipinski definition) is 4. The van der Waals surface area contributed by atoms with Crippen LogP contribution in [0.15, 0.2) is 12.2 Å². The van der Waals surface area contributed by atoms with Gasteiger partial charge in [-0.15, -0.1) is 0 Å². The Morgan fingerprint density at radius 1 is 1.69 bits per heavy atom. The first-order valence-electron chi connectivity index (χ1n) is 4.15. The van der Waals surface area contributed by atoms with Crippen LogP contribution >= 0.6 is 0 Å². The standard InChI is InChI=1S/C9H12O4/c1-6(2)9(11)13-8-5-3-4-7(10)12-8/h8H,1,3-5H2,2H3. The fraction of sp³-hybridized carbons (Fsp3) is 0.556. The van der Waals surface area contributed by atoms with Crippen molar-refractivity contribution in [1.29, 1.82) is 0 Å². The topological polar surface area (TPSA) is 52.6 Å². The monoisotopic (exact) mass is 184 g/mol. The molecule has 4 heteroatoms. The van der Waals surface area contributed by atoms with Gasteiger partial charge in [0.25, 0.3) is 0 Å². The molecule has 0 bridgehead atoms. The van der Waals surface area contributed by atoms with Crippen molar-refractivity contribution < 1.29 is 19.1 Å². The number of esters is 2. The third kappa shape index (κ3) is 2.89. The van der Waals surface area contributed by atoms with E-state index in [1.165, 1.54) is 0 Å². The normalized spacial score (nSPS) is 21.9. The summed E-state index contributed by atoms with van der Waals surface area (Å²) >= 11 is 0. The van der Waals surface area contributed by atoms with E-state index in [4.69, 9.17) is 9.47 Å². The third-order valence-corrected chi connectivity index (χ3v) is 1.67.